The highest BCUT2D eigenvalue weighted by Gasteiger charge is 2.16. The summed E-state index contributed by atoms with van der Waals surface area (Å²) in [6.07, 6.45) is 1.91. The smallest absolute Gasteiger partial charge is 0.237 e. The first kappa shape index (κ1) is 9.31. The number of likely N-dealkylation sites (N-methyl/N-ethyl adjacent to an activating group) is 1. The third-order valence-corrected chi connectivity index (χ3v) is 2.60. The van der Waals surface area contributed by atoms with Crippen molar-refractivity contribution >= 4 is 5.69 Å². The zero-order valence-electron chi connectivity index (χ0n) is 8.95. The average Bonchev–Trinajstić information content (AvgIpc) is 2.18. The van der Waals surface area contributed by atoms with Crippen LogP contribution in [0.4, 0.5) is 5.69 Å². The van der Waals surface area contributed by atoms with Crippen LogP contribution >= 0.6 is 0 Å². The fourth-order valence-corrected chi connectivity index (χ4v) is 1.56. The fraction of sp³-hybridized carbons (Fsp3) is 0.545. The van der Waals surface area contributed by atoms with Crippen molar-refractivity contribution < 1.29 is 4.74 Å². The molecule has 1 aromatic rings. The number of anilines is 1. The molecule has 3 heteroatoms. The molecule has 0 unspecified atom stereocenters. The fourth-order valence-electron chi connectivity index (χ4n) is 1.56. The largest absolute Gasteiger partial charge is 0.474 e. The molecule has 0 saturated heterocycles. The van der Waals surface area contributed by atoms with E-state index in [-0.39, 0.29) is 0 Å². The number of fused-ring (bicyclic) bond motifs is 1. The third kappa shape index (κ3) is 1.54. The lowest BCUT2D eigenvalue weighted by molar-refractivity contribution is 0.298. The van der Waals surface area contributed by atoms with E-state index >= 15 is 0 Å². The van der Waals surface area contributed by atoms with Crippen LogP contribution in [0.1, 0.15) is 25.3 Å². The Bertz CT molecular complexity index is 336. The number of ether oxygens (including phenoxy) is 1. The quantitative estimate of drug-likeness (QED) is 0.680. The van der Waals surface area contributed by atoms with Gasteiger partial charge in [-0.25, -0.2) is 4.98 Å². The van der Waals surface area contributed by atoms with Crippen LogP contribution in [0.2, 0.25) is 0 Å². The maximum absolute atomic E-state index is 5.48. The maximum Gasteiger partial charge on any atom is 0.237 e. The van der Waals surface area contributed by atoms with Crippen LogP contribution in [-0.4, -0.2) is 25.2 Å². The maximum atomic E-state index is 5.48. The molecule has 0 aromatic carbocycles. The Labute approximate surface area is 84.7 Å². The van der Waals surface area contributed by atoms with E-state index in [2.05, 4.69) is 36.8 Å². The molecule has 0 saturated carbocycles. The Morgan fingerprint density at radius 2 is 2.29 bits per heavy atom. The van der Waals surface area contributed by atoms with Crippen molar-refractivity contribution in [2.24, 2.45) is 0 Å². The summed E-state index contributed by atoms with van der Waals surface area (Å²) in [5, 5.41) is 0. The summed E-state index contributed by atoms with van der Waals surface area (Å²) in [4.78, 5) is 6.52. The predicted molar refractivity (Wildman–Crippen MR) is 57.1 cm³/mol. The van der Waals surface area contributed by atoms with Crippen LogP contribution in [0.3, 0.4) is 0 Å². The van der Waals surface area contributed by atoms with Gasteiger partial charge in [-0.1, -0.05) is 13.8 Å². The Balaban J connectivity index is 2.41. The molecule has 0 aliphatic carbocycles. The first-order valence-electron chi connectivity index (χ1n) is 5.02. The molecular formula is C11H16N2O. The van der Waals surface area contributed by atoms with E-state index in [0.29, 0.717) is 5.92 Å². The van der Waals surface area contributed by atoms with Gasteiger partial charge in [-0.3, -0.25) is 0 Å². The molecule has 0 fully saturated rings. The number of hydrogen-bond acceptors (Lipinski definition) is 3. The second kappa shape index (κ2) is 3.48. The lowest BCUT2D eigenvalue weighted by Crippen LogP contribution is -2.29. The summed E-state index contributed by atoms with van der Waals surface area (Å²) in [6.45, 7) is 6.02. The molecule has 0 atom stereocenters. The van der Waals surface area contributed by atoms with E-state index in [1.807, 2.05) is 6.20 Å². The van der Waals surface area contributed by atoms with Gasteiger partial charge in [0, 0.05) is 13.2 Å². The normalized spacial score (nSPS) is 15.3. The summed E-state index contributed by atoms with van der Waals surface area (Å²) >= 11 is 0. The molecule has 1 aliphatic rings. The molecule has 1 aliphatic heterocycles. The molecule has 0 bridgehead atoms. The molecular weight excluding hydrogens is 176 g/mol. The monoisotopic (exact) mass is 192 g/mol. The van der Waals surface area contributed by atoms with Crippen molar-refractivity contribution in [1.82, 2.24) is 4.98 Å². The van der Waals surface area contributed by atoms with Gasteiger partial charge in [0.1, 0.15) is 12.3 Å². The van der Waals surface area contributed by atoms with Gasteiger partial charge in [-0.05, 0) is 17.5 Å². The van der Waals surface area contributed by atoms with Gasteiger partial charge in [-0.2, -0.15) is 0 Å². The molecule has 76 valence electrons. The molecule has 2 heterocycles. The number of nitrogens with zero attached hydrogens (tertiary/aromatic N) is 2. The van der Waals surface area contributed by atoms with E-state index < -0.39 is 0 Å². The molecule has 2 rings (SSSR count). The predicted octanol–water partition coefficient (Wildman–Crippen LogP) is 2.03. The first-order valence-corrected chi connectivity index (χ1v) is 5.02. The van der Waals surface area contributed by atoms with E-state index in [9.17, 15) is 0 Å². The number of hydrogen-bond donors (Lipinski definition) is 0. The van der Waals surface area contributed by atoms with Crippen molar-refractivity contribution in [3.8, 4) is 5.88 Å². The SMILES string of the molecule is CC(C)c1cnc2c(c1)N(C)CCO2. The van der Waals surface area contributed by atoms with Gasteiger partial charge in [0.15, 0.2) is 0 Å². The van der Waals surface area contributed by atoms with Crippen molar-refractivity contribution in [1.29, 1.82) is 0 Å². The summed E-state index contributed by atoms with van der Waals surface area (Å²) in [6, 6.07) is 2.17. The Kier molecular flexibility index (Phi) is 2.32. The highest BCUT2D eigenvalue weighted by Crippen LogP contribution is 2.30. The second-order valence-electron chi connectivity index (χ2n) is 4.02. The van der Waals surface area contributed by atoms with Crippen LogP contribution in [0.5, 0.6) is 5.88 Å². The first-order chi connectivity index (χ1) is 6.68. The van der Waals surface area contributed by atoms with Crippen molar-refractivity contribution in [2.45, 2.75) is 19.8 Å². The summed E-state index contributed by atoms with van der Waals surface area (Å²) in [5.41, 5.74) is 2.38. The molecule has 0 N–H and O–H groups in total. The number of aromatic nitrogens is 1. The van der Waals surface area contributed by atoms with Crippen LogP contribution < -0.4 is 9.64 Å². The number of pyridine rings is 1. The standard InChI is InChI=1S/C11H16N2O/c1-8(2)9-6-10-11(12-7-9)14-5-4-13(10)3/h6-8H,4-5H2,1-3H3. The lowest BCUT2D eigenvalue weighted by Gasteiger charge is -2.27. The lowest BCUT2D eigenvalue weighted by atomic mass is 10.1. The van der Waals surface area contributed by atoms with Crippen LogP contribution in [0, 0.1) is 0 Å². The summed E-state index contributed by atoms with van der Waals surface area (Å²) < 4.78 is 5.48. The summed E-state index contributed by atoms with van der Waals surface area (Å²) in [5.74, 6) is 1.28. The van der Waals surface area contributed by atoms with Gasteiger partial charge in [0.25, 0.3) is 0 Å². The third-order valence-electron chi connectivity index (χ3n) is 2.60. The minimum atomic E-state index is 0.517. The molecule has 0 spiro atoms. The molecule has 1 aromatic heterocycles. The van der Waals surface area contributed by atoms with Crippen molar-refractivity contribution in [3.63, 3.8) is 0 Å². The van der Waals surface area contributed by atoms with Crippen LogP contribution in [0.25, 0.3) is 0 Å². The van der Waals surface area contributed by atoms with E-state index in [1.54, 1.807) is 0 Å². The molecule has 3 nitrogen and oxygen atoms in total. The zero-order chi connectivity index (χ0) is 10.1. The summed E-state index contributed by atoms with van der Waals surface area (Å²) in [7, 11) is 2.08. The van der Waals surface area contributed by atoms with Crippen molar-refractivity contribution in [3.05, 3.63) is 17.8 Å². The Hall–Kier alpha value is -1.25. The van der Waals surface area contributed by atoms with Gasteiger partial charge in [0.2, 0.25) is 5.88 Å². The van der Waals surface area contributed by atoms with Gasteiger partial charge in [-0.15, -0.1) is 0 Å². The number of rotatable bonds is 1. The van der Waals surface area contributed by atoms with Crippen molar-refractivity contribution in [2.75, 3.05) is 25.1 Å². The zero-order valence-corrected chi connectivity index (χ0v) is 8.95. The molecule has 0 radical (unpaired) electrons. The molecule has 0 amide bonds. The van der Waals surface area contributed by atoms with Gasteiger partial charge < -0.3 is 9.64 Å². The van der Waals surface area contributed by atoms with Gasteiger partial charge in [0.05, 0.1) is 6.54 Å². The van der Waals surface area contributed by atoms with E-state index in [1.165, 1.54) is 5.56 Å². The molecule has 14 heavy (non-hydrogen) atoms. The highest BCUT2D eigenvalue weighted by molar-refractivity contribution is 5.57. The van der Waals surface area contributed by atoms with Gasteiger partial charge >= 0.3 is 0 Å². The van der Waals surface area contributed by atoms with E-state index in [4.69, 9.17) is 4.74 Å². The minimum Gasteiger partial charge on any atom is -0.474 e. The average molecular weight is 192 g/mol. The van der Waals surface area contributed by atoms with Crippen LogP contribution in [0.15, 0.2) is 12.3 Å². The van der Waals surface area contributed by atoms with E-state index in [0.717, 1.165) is 24.7 Å². The minimum absolute atomic E-state index is 0.517. The highest BCUT2D eigenvalue weighted by atomic mass is 16.5. The Morgan fingerprint density at radius 1 is 1.50 bits per heavy atom. The van der Waals surface area contributed by atoms with Crippen LogP contribution in [-0.2, 0) is 0 Å². The topological polar surface area (TPSA) is 25.4 Å². The second-order valence-corrected chi connectivity index (χ2v) is 4.02. The Morgan fingerprint density at radius 3 is 3.00 bits per heavy atom.